The maximum absolute atomic E-state index is 13.0. The smallest absolute Gasteiger partial charge is 0.480 e. The summed E-state index contributed by atoms with van der Waals surface area (Å²) in [7, 11) is -4.23. The molecule has 1 aliphatic heterocycles. The quantitative estimate of drug-likeness (QED) is 0.617. The number of hydrogen-bond donors (Lipinski definition) is 2. The van der Waals surface area contributed by atoms with Crippen LogP contribution in [0.15, 0.2) is 53.4 Å². The molecular weight excluding hydrogens is 489 g/mol. The standard InChI is InChI=1S/C20H18ClF3N2O6S/c21-15-3-1-2-4-17(15)33(30,31)26-10-9-12(11-16(26)19(28)29)18(27)25-13-5-7-14(8-6-13)32-20(22,23)24/h1-8,12,16H,9-11H2,(H,25,27)(H,28,29)/t12-,16-/m1/s1. The van der Waals surface area contributed by atoms with Crippen molar-refractivity contribution in [1.29, 1.82) is 0 Å². The Morgan fingerprint density at radius 2 is 1.76 bits per heavy atom. The number of nitrogens with one attached hydrogen (secondary N) is 1. The van der Waals surface area contributed by atoms with E-state index in [1.807, 2.05) is 0 Å². The highest BCUT2D eigenvalue weighted by Gasteiger charge is 2.43. The highest BCUT2D eigenvalue weighted by atomic mass is 35.5. The molecule has 0 unspecified atom stereocenters. The number of sulfonamides is 1. The van der Waals surface area contributed by atoms with E-state index in [9.17, 15) is 36.3 Å². The molecule has 0 saturated carbocycles. The SMILES string of the molecule is O=C(Nc1ccc(OC(F)(F)F)cc1)[C@@H]1CCN(S(=O)(=O)c2ccccc2Cl)[C@@H](C(=O)O)C1. The van der Waals surface area contributed by atoms with E-state index >= 15 is 0 Å². The zero-order chi connectivity index (χ0) is 24.4. The van der Waals surface area contributed by atoms with E-state index in [-0.39, 0.29) is 35.0 Å². The van der Waals surface area contributed by atoms with Crippen LogP contribution in [0.25, 0.3) is 0 Å². The summed E-state index contributed by atoms with van der Waals surface area (Å²) in [5.41, 5.74) is 0.174. The van der Waals surface area contributed by atoms with Crippen LogP contribution in [-0.4, -0.2) is 48.7 Å². The molecule has 2 aromatic carbocycles. The molecule has 3 rings (SSSR count). The number of ether oxygens (including phenoxy) is 1. The van der Waals surface area contributed by atoms with E-state index in [2.05, 4.69) is 10.1 Å². The van der Waals surface area contributed by atoms with Crippen LogP contribution >= 0.6 is 11.6 Å². The van der Waals surface area contributed by atoms with Crippen LogP contribution in [-0.2, 0) is 19.6 Å². The summed E-state index contributed by atoms with van der Waals surface area (Å²) in [5.74, 6) is -3.31. The molecule has 2 atom stereocenters. The van der Waals surface area contributed by atoms with Gasteiger partial charge in [-0.25, -0.2) is 8.42 Å². The lowest BCUT2D eigenvalue weighted by molar-refractivity contribution is -0.274. The minimum atomic E-state index is -4.85. The molecule has 0 aromatic heterocycles. The van der Waals surface area contributed by atoms with Gasteiger partial charge in [-0.3, -0.25) is 9.59 Å². The van der Waals surface area contributed by atoms with Gasteiger partial charge in [0.25, 0.3) is 0 Å². The largest absolute Gasteiger partial charge is 0.573 e. The van der Waals surface area contributed by atoms with Gasteiger partial charge in [-0.05, 0) is 49.2 Å². The van der Waals surface area contributed by atoms with Crippen LogP contribution in [0.2, 0.25) is 5.02 Å². The summed E-state index contributed by atoms with van der Waals surface area (Å²) in [6.45, 7) is -0.235. The maximum atomic E-state index is 13.0. The molecule has 178 valence electrons. The predicted molar refractivity (Wildman–Crippen MR) is 111 cm³/mol. The van der Waals surface area contributed by atoms with Crippen molar-refractivity contribution >= 4 is 39.2 Å². The normalized spacial score (nSPS) is 19.6. The molecule has 1 amide bonds. The van der Waals surface area contributed by atoms with E-state index in [1.165, 1.54) is 36.4 Å². The van der Waals surface area contributed by atoms with Crippen molar-refractivity contribution in [2.24, 2.45) is 5.92 Å². The van der Waals surface area contributed by atoms with E-state index in [4.69, 9.17) is 11.6 Å². The lowest BCUT2D eigenvalue weighted by Gasteiger charge is -2.35. The molecule has 0 aliphatic carbocycles. The minimum absolute atomic E-state index is 0.0363. The number of aliphatic carboxylic acids is 1. The highest BCUT2D eigenvalue weighted by Crippen LogP contribution is 2.32. The van der Waals surface area contributed by atoms with Crippen molar-refractivity contribution in [3.63, 3.8) is 0 Å². The Morgan fingerprint density at radius 1 is 1.12 bits per heavy atom. The van der Waals surface area contributed by atoms with Crippen molar-refractivity contribution in [1.82, 2.24) is 4.31 Å². The fraction of sp³-hybridized carbons (Fsp3) is 0.300. The van der Waals surface area contributed by atoms with Crippen LogP contribution < -0.4 is 10.1 Å². The van der Waals surface area contributed by atoms with Gasteiger partial charge >= 0.3 is 12.3 Å². The number of carboxylic acid groups (broad SMARTS) is 1. The zero-order valence-corrected chi connectivity index (χ0v) is 18.3. The van der Waals surface area contributed by atoms with Crippen LogP contribution in [0.5, 0.6) is 5.75 Å². The third kappa shape index (κ3) is 5.95. The van der Waals surface area contributed by atoms with Crippen molar-refractivity contribution in [2.75, 3.05) is 11.9 Å². The first-order valence-corrected chi connectivity index (χ1v) is 11.4. The number of halogens is 4. The maximum Gasteiger partial charge on any atom is 0.573 e. The second-order valence-electron chi connectivity index (χ2n) is 7.18. The third-order valence-corrected chi connectivity index (χ3v) is 7.40. The van der Waals surface area contributed by atoms with Gasteiger partial charge in [-0.2, -0.15) is 4.31 Å². The number of rotatable bonds is 6. The number of amides is 1. The number of carbonyl (C=O) groups is 2. The number of nitrogens with zero attached hydrogens (tertiary/aromatic N) is 1. The average molecular weight is 507 g/mol. The Balaban J connectivity index is 1.72. The topological polar surface area (TPSA) is 113 Å². The molecule has 2 N–H and O–H groups in total. The summed E-state index contributed by atoms with van der Waals surface area (Å²) in [5, 5.41) is 12.1. The summed E-state index contributed by atoms with van der Waals surface area (Å²) in [4.78, 5) is 24.2. The molecule has 0 radical (unpaired) electrons. The summed E-state index contributed by atoms with van der Waals surface area (Å²) < 4.78 is 67.3. The highest BCUT2D eigenvalue weighted by molar-refractivity contribution is 7.89. The molecule has 1 fully saturated rings. The van der Waals surface area contributed by atoms with Gasteiger partial charge in [-0.15, -0.1) is 13.2 Å². The number of carbonyl (C=O) groups excluding carboxylic acids is 1. The van der Waals surface area contributed by atoms with Gasteiger partial charge in [0.1, 0.15) is 16.7 Å². The van der Waals surface area contributed by atoms with Gasteiger partial charge in [0, 0.05) is 18.2 Å². The number of alkyl halides is 3. The first kappa shape index (κ1) is 24.8. The van der Waals surface area contributed by atoms with Gasteiger partial charge in [-0.1, -0.05) is 23.7 Å². The summed E-state index contributed by atoms with van der Waals surface area (Å²) in [6, 6.07) is 8.56. The first-order chi connectivity index (χ1) is 15.4. The predicted octanol–water partition coefficient (Wildman–Crippen LogP) is 3.73. The van der Waals surface area contributed by atoms with Crippen molar-refractivity contribution in [3.05, 3.63) is 53.6 Å². The molecule has 0 bridgehead atoms. The van der Waals surface area contributed by atoms with E-state index < -0.39 is 46.0 Å². The fourth-order valence-electron chi connectivity index (χ4n) is 3.46. The van der Waals surface area contributed by atoms with E-state index in [1.54, 1.807) is 0 Å². The summed E-state index contributed by atoms with van der Waals surface area (Å²) >= 11 is 5.98. The van der Waals surface area contributed by atoms with Crippen LogP contribution in [0.1, 0.15) is 12.8 Å². The van der Waals surface area contributed by atoms with Crippen molar-refractivity contribution in [2.45, 2.75) is 30.1 Å². The number of anilines is 1. The second-order valence-corrected chi connectivity index (χ2v) is 9.45. The van der Waals surface area contributed by atoms with E-state index in [0.717, 1.165) is 16.4 Å². The molecular formula is C20H18ClF3N2O6S. The monoisotopic (exact) mass is 506 g/mol. The van der Waals surface area contributed by atoms with Gasteiger partial charge in [0.15, 0.2) is 0 Å². The molecule has 1 saturated heterocycles. The Hall–Kier alpha value is -2.83. The molecule has 8 nitrogen and oxygen atoms in total. The van der Waals surface area contributed by atoms with E-state index in [0.29, 0.717) is 0 Å². The molecule has 33 heavy (non-hydrogen) atoms. The van der Waals surface area contributed by atoms with Gasteiger partial charge in [0.2, 0.25) is 15.9 Å². The summed E-state index contributed by atoms with van der Waals surface area (Å²) in [6.07, 6.45) is -5.11. The Labute approximate surface area is 192 Å². The average Bonchev–Trinajstić information content (AvgIpc) is 2.73. The first-order valence-electron chi connectivity index (χ1n) is 9.54. The Morgan fingerprint density at radius 3 is 2.33 bits per heavy atom. The van der Waals surface area contributed by atoms with Gasteiger partial charge in [0.05, 0.1) is 5.02 Å². The Bertz CT molecular complexity index is 1140. The van der Waals surface area contributed by atoms with Crippen LogP contribution in [0.3, 0.4) is 0 Å². The van der Waals surface area contributed by atoms with Crippen molar-refractivity contribution in [3.8, 4) is 5.75 Å². The number of hydrogen-bond acceptors (Lipinski definition) is 5. The fourth-order valence-corrected chi connectivity index (χ4v) is 5.56. The molecule has 2 aromatic rings. The third-order valence-electron chi connectivity index (χ3n) is 4.99. The molecule has 13 heteroatoms. The molecule has 1 aliphatic rings. The van der Waals surface area contributed by atoms with Crippen LogP contribution in [0, 0.1) is 5.92 Å². The van der Waals surface area contributed by atoms with Crippen LogP contribution in [0.4, 0.5) is 18.9 Å². The lowest BCUT2D eigenvalue weighted by atomic mass is 9.91. The molecule has 1 heterocycles. The number of piperidine rings is 1. The second kappa shape index (κ2) is 9.57. The minimum Gasteiger partial charge on any atom is -0.480 e. The molecule has 0 spiro atoms. The van der Waals surface area contributed by atoms with Gasteiger partial charge < -0.3 is 15.2 Å². The number of carboxylic acids is 1. The Kier molecular flexibility index (Phi) is 7.20. The van der Waals surface area contributed by atoms with Crippen molar-refractivity contribution < 1.29 is 41.0 Å². The lowest BCUT2D eigenvalue weighted by Crippen LogP contribution is -2.51. The zero-order valence-electron chi connectivity index (χ0n) is 16.8. The number of benzene rings is 2.